The number of benzene rings is 1. The van der Waals surface area contributed by atoms with Gasteiger partial charge in [0, 0.05) is 29.8 Å². The fraction of sp³-hybridized carbons (Fsp3) is 0.345. The highest BCUT2D eigenvalue weighted by molar-refractivity contribution is 6.31. The third-order valence-electron chi connectivity index (χ3n) is 7.86. The summed E-state index contributed by atoms with van der Waals surface area (Å²) in [6.07, 6.45) is 2.44. The summed E-state index contributed by atoms with van der Waals surface area (Å²) in [5.74, 6) is -0.547. The summed E-state index contributed by atoms with van der Waals surface area (Å²) in [6, 6.07) is 3.56. The van der Waals surface area contributed by atoms with Crippen molar-refractivity contribution >= 4 is 34.9 Å². The van der Waals surface area contributed by atoms with Gasteiger partial charge < -0.3 is 5.32 Å². The molecule has 2 amide bonds. The fourth-order valence-electron chi connectivity index (χ4n) is 5.36. The van der Waals surface area contributed by atoms with Gasteiger partial charge in [-0.2, -0.15) is 10.2 Å². The van der Waals surface area contributed by atoms with Gasteiger partial charge in [-0.3, -0.25) is 24.2 Å². The van der Waals surface area contributed by atoms with E-state index in [1.54, 1.807) is 22.7 Å². The van der Waals surface area contributed by atoms with Crippen molar-refractivity contribution < 1.29 is 22.8 Å². The molecule has 10 nitrogen and oxygen atoms in total. The number of alkyl halides is 2. The van der Waals surface area contributed by atoms with Crippen LogP contribution >= 0.6 is 11.6 Å². The number of nitrogens with zero attached hydrogens (tertiary/aromatic N) is 7. The Bertz CT molecular complexity index is 1760. The van der Waals surface area contributed by atoms with Crippen molar-refractivity contribution in [2.75, 3.05) is 16.8 Å². The first kappa shape index (κ1) is 28.7. The van der Waals surface area contributed by atoms with Gasteiger partial charge in [-0.05, 0) is 50.3 Å². The summed E-state index contributed by atoms with van der Waals surface area (Å²) >= 11 is 5.86. The Hall–Kier alpha value is -4.39. The maximum absolute atomic E-state index is 14.9. The van der Waals surface area contributed by atoms with Crippen LogP contribution in [0.25, 0.3) is 11.3 Å². The zero-order chi connectivity index (χ0) is 30.6. The van der Waals surface area contributed by atoms with E-state index < -0.39 is 29.3 Å². The highest BCUT2D eigenvalue weighted by Crippen LogP contribution is 2.47. The standard InChI is InChI=1S/C29H26ClF3N8O2/c1-4-20-25(37-22(10-34-20)23-17(26(32)33)5-6-19(30)24(23)31)28(42)36-16-9-35-41(12-16)14(3)21-7-13(2)27(39-38-21)40-11-15-8-18(15)29(40)43/h5-7,9-10,12,14-15,18,26H,4,8,11H2,1-3H3,(H,36,42)/t14-,15+,18+/m0/s1. The molecular weight excluding hydrogens is 585 g/mol. The lowest BCUT2D eigenvalue weighted by Gasteiger charge is -2.20. The molecule has 0 bridgehead atoms. The maximum Gasteiger partial charge on any atom is 0.276 e. The van der Waals surface area contributed by atoms with Crippen molar-refractivity contribution in [2.45, 2.75) is 46.1 Å². The Morgan fingerprint density at radius 1 is 1.23 bits per heavy atom. The Morgan fingerprint density at radius 3 is 2.70 bits per heavy atom. The number of amides is 2. The summed E-state index contributed by atoms with van der Waals surface area (Å²) in [6.45, 7) is 6.17. The van der Waals surface area contributed by atoms with Crippen LogP contribution in [0.1, 0.15) is 65.7 Å². The van der Waals surface area contributed by atoms with E-state index in [1.807, 2.05) is 19.9 Å². The first-order valence-electron chi connectivity index (χ1n) is 13.7. The van der Waals surface area contributed by atoms with E-state index in [9.17, 15) is 22.8 Å². The number of halogens is 4. The van der Waals surface area contributed by atoms with E-state index in [0.717, 1.165) is 30.3 Å². The predicted octanol–water partition coefficient (Wildman–Crippen LogP) is 5.58. The largest absolute Gasteiger partial charge is 0.318 e. The number of aryl methyl sites for hydroxylation is 2. The first-order chi connectivity index (χ1) is 20.6. The van der Waals surface area contributed by atoms with Crippen LogP contribution in [0, 0.1) is 24.6 Å². The smallest absolute Gasteiger partial charge is 0.276 e. The average molecular weight is 611 g/mol. The second-order valence-electron chi connectivity index (χ2n) is 10.7. The van der Waals surface area contributed by atoms with E-state index in [1.165, 1.54) is 6.20 Å². The molecule has 1 N–H and O–H groups in total. The summed E-state index contributed by atoms with van der Waals surface area (Å²) in [5, 5.41) is 15.4. The number of hydrogen-bond donors (Lipinski definition) is 1. The first-order valence-corrected chi connectivity index (χ1v) is 14.1. The van der Waals surface area contributed by atoms with Crippen molar-refractivity contribution in [3.63, 3.8) is 0 Å². The molecule has 1 saturated heterocycles. The number of aromatic nitrogens is 6. The molecule has 43 heavy (non-hydrogen) atoms. The van der Waals surface area contributed by atoms with Crippen molar-refractivity contribution in [1.82, 2.24) is 29.9 Å². The highest BCUT2D eigenvalue weighted by atomic mass is 35.5. The monoisotopic (exact) mass is 610 g/mol. The van der Waals surface area contributed by atoms with Gasteiger partial charge >= 0.3 is 0 Å². The van der Waals surface area contributed by atoms with Gasteiger partial charge in [0.15, 0.2) is 17.3 Å². The molecule has 1 aromatic carbocycles. The van der Waals surface area contributed by atoms with Gasteiger partial charge in [0.05, 0.1) is 46.2 Å². The summed E-state index contributed by atoms with van der Waals surface area (Å²) in [5.41, 5.74) is 0.546. The molecule has 1 aliphatic heterocycles. The fourth-order valence-corrected chi connectivity index (χ4v) is 5.52. The van der Waals surface area contributed by atoms with Gasteiger partial charge in [-0.15, -0.1) is 5.10 Å². The van der Waals surface area contributed by atoms with Crippen LogP contribution in [0.4, 0.5) is 24.7 Å². The van der Waals surface area contributed by atoms with Crippen molar-refractivity contribution in [3.8, 4) is 11.3 Å². The highest BCUT2D eigenvalue weighted by Gasteiger charge is 2.53. The second kappa shape index (κ2) is 11.0. The van der Waals surface area contributed by atoms with Gasteiger partial charge in [-0.25, -0.2) is 18.2 Å². The summed E-state index contributed by atoms with van der Waals surface area (Å²) in [7, 11) is 0. The molecule has 3 aromatic heterocycles. The van der Waals surface area contributed by atoms with Crippen molar-refractivity contribution in [3.05, 3.63) is 75.8 Å². The second-order valence-corrected chi connectivity index (χ2v) is 11.1. The van der Waals surface area contributed by atoms with Crippen molar-refractivity contribution in [2.24, 2.45) is 11.8 Å². The number of carbonyl (C=O) groups excluding carboxylic acids is 2. The predicted molar refractivity (Wildman–Crippen MR) is 151 cm³/mol. The molecule has 1 aliphatic carbocycles. The quantitative estimate of drug-likeness (QED) is 0.277. The molecular formula is C29H26ClF3N8O2. The Labute approximate surface area is 249 Å². The van der Waals surface area contributed by atoms with E-state index in [-0.39, 0.29) is 34.3 Å². The van der Waals surface area contributed by atoms with Crippen LogP contribution < -0.4 is 10.2 Å². The molecule has 14 heteroatoms. The number of fused-ring (bicyclic) bond motifs is 1. The Balaban J connectivity index is 1.22. The van der Waals surface area contributed by atoms with Crippen LogP contribution in [0.2, 0.25) is 5.02 Å². The summed E-state index contributed by atoms with van der Waals surface area (Å²) in [4.78, 5) is 35.9. The third kappa shape index (κ3) is 5.22. The number of hydrogen-bond acceptors (Lipinski definition) is 7. The topological polar surface area (TPSA) is 119 Å². The molecule has 3 atom stereocenters. The number of carbonyl (C=O) groups is 2. The molecule has 222 valence electrons. The molecule has 0 unspecified atom stereocenters. The lowest BCUT2D eigenvalue weighted by atomic mass is 10.0. The Kier molecular flexibility index (Phi) is 7.36. The zero-order valence-electron chi connectivity index (χ0n) is 23.4. The minimum Gasteiger partial charge on any atom is -0.318 e. The molecule has 0 spiro atoms. The molecule has 6 rings (SSSR count). The molecule has 1 saturated carbocycles. The minimum atomic E-state index is -3.00. The lowest BCUT2D eigenvalue weighted by Crippen LogP contribution is -2.30. The van der Waals surface area contributed by atoms with E-state index in [4.69, 9.17) is 11.6 Å². The van der Waals surface area contributed by atoms with Gasteiger partial charge in [-0.1, -0.05) is 24.6 Å². The normalized spacial score (nSPS) is 18.2. The molecule has 2 fully saturated rings. The zero-order valence-corrected chi connectivity index (χ0v) is 24.1. The van der Waals surface area contributed by atoms with Crippen LogP contribution in [0.15, 0.2) is 36.8 Å². The van der Waals surface area contributed by atoms with Crippen LogP contribution in [0.5, 0.6) is 0 Å². The van der Waals surface area contributed by atoms with Crippen molar-refractivity contribution in [1.29, 1.82) is 0 Å². The number of rotatable bonds is 8. The van der Waals surface area contributed by atoms with E-state index in [2.05, 4.69) is 30.6 Å². The number of nitrogens with one attached hydrogen (secondary N) is 1. The lowest BCUT2D eigenvalue weighted by molar-refractivity contribution is -0.118. The van der Waals surface area contributed by atoms with E-state index in [0.29, 0.717) is 41.8 Å². The number of anilines is 2. The molecule has 0 radical (unpaired) electrons. The maximum atomic E-state index is 14.9. The van der Waals surface area contributed by atoms with Gasteiger partial charge in [0.1, 0.15) is 0 Å². The average Bonchev–Trinajstić information content (AvgIpc) is 3.49. The van der Waals surface area contributed by atoms with Gasteiger partial charge in [0.25, 0.3) is 12.3 Å². The molecule has 4 aromatic rings. The SMILES string of the molecule is CCc1ncc(-c2c(C(F)F)ccc(Cl)c2F)nc1C(=O)Nc1cnn([C@@H](C)c2cc(C)c(N3C[C@H]4C[C@H]4C3=O)nn2)c1. The Morgan fingerprint density at radius 2 is 2.02 bits per heavy atom. The number of piperidine rings is 1. The molecule has 4 heterocycles. The summed E-state index contributed by atoms with van der Waals surface area (Å²) < 4.78 is 43.8. The van der Waals surface area contributed by atoms with Crippen LogP contribution in [0.3, 0.4) is 0 Å². The molecule has 2 aliphatic rings. The van der Waals surface area contributed by atoms with Gasteiger partial charge in [0.2, 0.25) is 5.91 Å². The third-order valence-corrected chi connectivity index (χ3v) is 8.15. The van der Waals surface area contributed by atoms with Crippen LogP contribution in [-0.2, 0) is 11.2 Å². The van der Waals surface area contributed by atoms with Crippen LogP contribution in [-0.4, -0.2) is 48.3 Å². The minimum absolute atomic E-state index is 0.101. The van der Waals surface area contributed by atoms with E-state index >= 15 is 0 Å².